The van der Waals surface area contributed by atoms with E-state index in [4.69, 9.17) is 5.11 Å². The monoisotopic (exact) mass is 261 g/mol. The van der Waals surface area contributed by atoms with Crippen LogP contribution in [0.2, 0.25) is 0 Å². The van der Waals surface area contributed by atoms with Crippen LogP contribution in [0.4, 0.5) is 5.69 Å². The summed E-state index contributed by atoms with van der Waals surface area (Å²) in [5.41, 5.74) is 0.657. The number of rotatable bonds is 4. The average Bonchev–Trinajstić information content (AvgIpc) is 2.89. The fraction of sp³-hybridized carbons (Fsp3) is 0.467. The Hall–Kier alpha value is -1.84. The van der Waals surface area contributed by atoms with Crippen LogP contribution in [0.5, 0.6) is 0 Å². The molecular weight excluding hydrogens is 242 g/mol. The van der Waals surface area contributed by atoms with Gasteiger partial charge in [0, 0.05) is 11.1 Å². The van der Waals surface area contributed by atoms with Crippen LogP contribution in [0.15, 0.2) is 24.3 Å². The molecule has 2 N–H and O–H groups in total. The highest BCUT2D eigenvalue weighted by atomic mass is 16.4. The summed E-state index contributed by atoms with van der Waals surface area (Å²) >= 11 is 0. The van der Waals surface area contributed by atoms with E-state index in [-0.39, 0.29) is 16.9 Å². The zero-order valence-electron chi connectivity index (χ0n) is 11.1. The van der Waals surface area contributed by atoms with E-state index in [0.717, 1.165) is 32.1 Å². The molecule has 19 heavy (non-hydrogen) atoms. The molecular formula is C15H19NO3. The van der Waals surface area contributed by atoms with Gasteiger partial charge in [0.25, 0.3) is 0 Å². The van der Waals surface area contributed by atoms with Crippen molar-refractivity contribution in [3.05, 3.63) is 29.8 Å². The molecule has 0 spiro atoms. The summed E-state index contributed by atoms with van der Waals surface area (Å²) in [5.74, 6) is -0.894. The largest absolute Gasteiger partial charge is 0.478 e. The fourth-order valence-electron chi connectivity index (χ4n) is 2.75. The van der Waals surface area contributed by atoms with E-state index >= 15 is 0 Å². The van der Waals surface area contributed by atoms with Crippen molar-refractivity contribution < 1.29 is 14.7 Å². The first kappa shape index (κ1) is 13.6. The van der Waals surface area contributed by atoms with Gasteiger partial charge in [-0.3, -0.25) is 4.79 Å². The molecule has 0 bridgehead atoms. The van der Waals surface area contributed by atoms with E-state index in [1.165, 1.54) is 12.1 Å². The molecule has 1 amide bonds. The topological polar surface area (TPSA) is 66.4 Å². The molecule has 1 aliphatic carbocycles. The first-order valence-corrected chi connectivity index (χ1v) is 6.72. The van der Waals surface area contributed by atoms with Gasteiger partial charge in [-0.05, 0) is 43.5 Å². The molecule has 0 aromatic heterocycles. The number of nitrogens with one attached hydrogen (secondary N) is 1. The van der Waals surface area contributed by atoms with Gasteiger partial charge in [-0.15, -0.1) is 0 Å². The smallest absolute Gasteiger partial charge is 0.335 e. The number of carbonyl (C=O) groups excluding carboxylic acids is 1. The second-order valence-electron chi connectivity index (χ2n) is 5.18. The van der Waals surface area contributed by atoms with Gasteiger partial charge in [-0.1, -0.05) is 19.8 Å². The maximum atomic E-state index is 12.4. The molecule has 0 atom stereocenters. The zero-order chi connectivity index (χ0) is 13.9. The van der Waals surface area contributed by atoms with E-state index < -0.39 is 5.97 Å². The van der Waals surface area contributed by atoms with Crippen LogP contribution in [0.3, 0.4) is 0 Å². The van der Waals surface area contributed by atoms with Gasteiger partial charge in [0.15, 0.2) is 0 Å². The predicted octanol–water partition coefficient (Wildman–Crippen LogP) is 3.29. The summed E-state index contributed by atoms with van der Waals surface area (Å²) in [4.78, 5) is 23.1. The van der Waals surface area contributed by atoms with Crippen LogP contribution in [0, 0.1) is 5.41 Å². The summed E-state index contributed by atoms with van der Waals surface area (Å²) in [6, 6.07) is 6.29. The van der Waals surface area contributed by atoms with Crippen LogP contribution in [-0.2, 0) is 4.79 Å². The summed E-state index contributed by atoms with van der Waals surface area (Å²) in [6.07, 6.45) is 4.97. The van der Waals surface area contributed by atoms with Gasteiger partial charge in [-0.2, -0.15) is 0 Å². The lowest BCUT2D eigenvalue weighted by Crippen LogP contribution is -2.33. The van der Waals surface area contributed by atoms with Crippen molar-refractivity contribution in [1.29, 1.82) is 0 Å². The van der Waals surface area contributed by atoms with Crippen molar-refractivity contribution in [1.82, 2.24) is 0 Å². The first-order valence-electron chi connectivity index (χ1n) is 6.72. The quantitative estimate of drug-likeness (QED) is 0.874. The molecule has 0 heterocycles. The van der Waals surface area contributed by atoms with Gasteiger partial charge < -0.3 is 10.4 Å². The Morgan fingerprint density at radius 2 is 1.79 bits per heavy atom. The van der Waals surface area contributed by atoms with Crippen molar-refractivity contribution in [2.75, 3.05) is 5.32 Å². The number of carbonyl (C=O) groups is 2. The standard InChI is InChI=1S/C15H19NO3/c1-2-15(9-3-4-10-15)14(19)16-12-7-5-11(6-8-12)13(17)18/h5-8H,2-4,9-10H2,1H3,(H,16,19)(H,17,18). The summed E-state index contributed by atoms with van der Waals surface area (Å²) in [6.45, 7) is 2.05. The van der Waals surface area contributed by atoms with Crippen LogP contribution in [0.1, 0.15) is 49.4 Å². The van der Waals surface area contributed by atoms with Gasteiger partial charge in [-0.25, -0.2) is 4.79 Å². The van der Waals surface area contributed by atoms with Crippen LogP contribution < -0.4 is 5.32 Å². The van der Waals surface area contributed by atoms with Gasteiger partial charge >= 0.3 is 5.97 Å². The molecule has 1 fully saturated rings. The van der Waals surface area contributed by atoms with Crippen LogP contribution in [-0.4, -0.2) is 17.0 Å². The molecule has 0 aliphatic heterocycles. The van der Waals surface area contributed by atoms with E-state index in [9.17, 15) is 9.59 Å². The highest BCUT2D eigenvalue weighted by Gasteiger charge is 2.39. The molecule has 1 aromatic carbocycles. The number of anilines is 1. The first-order chi connectivity index (χ1) is 9.07. The minimum atomic E-state index is -0.960. The lowest BCUT2D eigenvalue weighted by Gasteiger charge is -2.26. The lowest BCUT2D eigenvalue weighted by atomic mass is 9.82. The maximum absolute atomic E-state index is 12.4. The Balaban J connectivity index is 2.08. The zero-order valence-corrected chi connectivity index (χ0v) is 11.1. The maximum Gasteiger partial charge on any atom is 0.335 e. The molecule has 0 unspecified atom stereocenters. The third-order valence-electron chi connectivity index (χ3n) is 4.11. The Bertz CT molecular complexity index is 473. The summed E-state index contributed by atoms with van der Waals surface area (Å²) in [5, 5.41) is 11.7. The summed E-state index contributed by atoms with van der Waals surface area (Å²) < 4.78 is 0. The van der Waals surface area contributed by atoms with Crippen molar-refractivity contribution in [2.24, 2.45) is 5.41 Å². The molecule has 1 saturated carbocycles. The van der Waals surface area contributed by atoms with Crippen LogP contribution in [0.25, 0.3) is 0 Å². The normalized spacial score (nSPS) is 17.1. The highest BCUT2D eigenvalue weighted by molar-refractivity contribution is 5.96. The molecule has 0 saturated heterocycles. The molecule has 2 rings (SSSR count). The van der Waals surface area contributed by atoms with Crippen molar-refractivity contribution in [3.63, 3.8) is 0 Å². The van der Waals surface area contributed by atoms with Crippen molar-refractivity contribution in [2.45, 2.75) is 39.0 Å². The third kappa shape index (κ3) is 2.78. The Morgan fingerprint density at radius 1 is 1.21 bits per heavy atom. The van der Waals surface area contributed by atoms with Crippen molar-refractivity contribution >= 4 is 17.6 Å². The van der Waals surface area contributed by atoms with E-state index in [2.05, 4.69) is 12.2 Å². The van der Waals surface area contributed by atoms with Gasteiger partial charge in [0.2, 0.25) is 5.91 Å². The van der Waals surface area contributed by atoms with E-state index in [0.29, 0.717) is 5.69 Å². The second-order valence-corrected chi connectivity index (χ2v) is 5.18. The van der Waals surface area contributed by atoms with Crippen LogP contribution >= 0.6 is 0 Å². The Kier molecular flexibility index (Phi) is 3.88. The molecule has 4 nitrogen and oxygen atoms in total. The number of benzene rings is 1. The van der Waals surface area contributed by atoms with E-state index in [1.807, 2.05) is 0 Å². The van der Waals surface area contributed by atoms with E-state index in [1.54, 1.807) is 12.1 Å². The predicted molar refractivity (Wildman–Crippen MR) is 73.2 cm³/mol. The fourth-order valence-corrected chi connectivity index (χ4v) is 2.75. The average molecular weight is 261 g/mol. The number of carboxylic acids is 1. The Morgan fingerprint density at radius 3 is 2.26 bits per heavy atom. The molecule has 102 valence electrons. The van der Waals surface area contributed by atoms with Gasteiger partial charge in [0.05, 0.1) is 5.56 Å². The number of hydrogen-bond donors (Lipinski definition) is 2. The highest BCUT2D eigenvalue weighted by Crippen LogP contribution is 2.41. The number of amides is 1. The van der Waals surface area contributed by atoms with Crippen molar-refractivity contribution in [3.8, 4) is 0 Å². The van der Waals surface area contributed by atoms with Gasteiger partial charge in [0.1, 0.15) is 0 Å². The lowest BCUT2D eigenvalue weighted by molar-refractivity contribution is -0.125. The third-order valence-corrected chi connectivity index (χ3v) is 4.11. The second kappa shape index (κ2) is 5.43. The SMILES string of the molecule is CCC1(C(=O)Nc2ccc(C(=O)O)cc2)CCCC1. The number of aromatic carboxylic acids is 1. The summed E-state index contributed by atoms with van der Waals surface area (Å²) in [7, 11) is 0. The molecule has 4 heteroatoms. The number of hydrogen-bond acceptors (Lipinski definition) is 2. The molecule has 0 radical (unpaired) electrons. The molecule has 1 aliphatic rings. The molecule has 1 aromatic rings. The minimum absolute atomic E-state index is 0.0653. The minimum Gasteiger partial charge on any atom is -0.478 e. The Labute approximate surface area is 112 Å². The number of carboxylic acid groups (broad SMARTS) is 1.